The number of benzene rings is 2. The first-order valence-corrected chi connectivity index (χ1v) is 10.0. The molecule has 1 unspecified atom stereocenters. The molecular weight excluding hydrogens is 384 g/mol. The number of aryl methyl sites for hydroxylation is 1. The number of aromatic nitrogens is 2. The normalized spacial score (nSPS) is 11.7. The zero-order valence-electron chi connectivity index (χ0n) is 17.7. The van der Waals surface area contributed by atoms with E-state index in [4.69, 9.17) is 18.6 Å². The van der Waals surface area contributed by atoms with Gasteiger partial charge in [0.15, 0.2) is 17.6 Å². The Morgan fingerprint density at radius 3 is 2.50 bits per heavy atom. The molecule has 0 bridgehead atoms. The van der Waals surface area contributed by atoms with E-state index < -0.39 is 12.1 Å². The molecular formula is C23H26N2O5. The lowest BCUT2D eigenvalue weighted by Crippen LogP contribution is -2.10. The largest absolute Gasteiger partial charge is 0.490 e. The van der Waals surface area contributed by atoms with Gasteiger partial charge in [-0.15, -0.1) is 10.2 Å². The van der Waals surface area contributed by atoms with Crippen LogP contribution in [0.1, 0.15) is 55.1 Å². The van der Waals surface area contributed by atoms with E-state index in [0.29, 0.717) is 36.2 Å². The summed E-state index contributed by atoms with van der Waals surface area (Å²) in [4.78, 5) is 12.6. The van der Waals surface area contributed by atoms with E-state index >= 15 is 0 Å². The fourth-order valence-electron chi connectivity index (χ4n) is 2.73. The number of carbonyl (C=O) groups excluding carboxylic acids is 1. The molecule has 2 aromatic carbocycles. The van der Waals surface area contributed by atoms with Gasteiger partial charge in [-0.2, -0.15) is 0 Å². The van der Waals surface area contributed by atoms with E-state index in [1.54, 1.807) is 25.1 Å². The molecule has 7 nitrogen and oxygen atoms in total. The quantitative estimate of drug-likeness (QED) is 0.451. The number of hydrogen-bond acceptors (Lipinski definition) is 7. The Kier molecular flexibility index (Phi) is 7.06. The number of esters is 1. The topological polar surface area (TPSA) is 83.7 Å². The van der Waals surface area contributed by atoms with Crippen LogP contribution in [0.2, 0.25) is 0 Å². The third-order valence-corrected chi connectivity index (χ3v) is 4.31. The van der Waals surface area contributed by atoms with Gasteiger partial charge in [0, 0.05) is 5.56 Å². The average Bonchev–Trinajstić information content (AvgIpc) is 3.24. The molecule has 0 saturated carbocycles. The molecule has 0 saturated heterocycles. The zero-order chi connectivity index (χ0) is 21.5. The fraction of sp³-hybridized carbons (Fsp3) is 0.348. The molecule has 0 radical (unpaired) electrons. The predicted octanol–water partition coefficient (Wildman–Crippen LogP) is 5.15. The fourth-order valence-corrected chi connectivity index (χ4v) is 2.73. The van der Waals surface area contributed by atoms with Gasteiger partial charge in [0.05, 0.1) is 18.8 Å². The Morgan fingerprint density at radius 2 is 1.80 bits per heavy atom. The van der Waals surface area contributed by atoms with Crippen molar-refractivity contribution in [3.05, 3.63) is 59.5 Å². The van der Waals surface area contributed by atoms with E-state index in [2.05, 4.69) is 10.2 Å². The van der Waals surface area contributed by atoms with Crippen molar-refractivity contribution in [3.8, 4) is 23.0 Å². The van der Waals surface area contributed by atoms with Crippen LogP contribution in [0.4, 0.5) is 0 Å². The highest BCUT2D eigenvalue weighted by Gasteiger charge is 2.21. The summed E-state index contributed by atoms with van der Waals surface area (Å²) in [6, 6.07) is 12.7. The van der Waals surface area contributed by atoms with Gasteiger partial charge in [-0.1, -0.05) is 24.6 Å². The van der Waals surface area contributed by atoms with Gasteiger partial charge in [0.1, 0.15) is 0 Å². The van der Waals surface area contributed by atoms with Crippen molar-refractivity contribution in [2.24, 2.45) is 0 Å². The second kappa shape index (κ2) is 9.91. The summed E-state index contributed by atoms with van der Waals surface area (Å²) < 4.78 is 22.5. The Labute approximate surface area is 176 Å². The van der Waals surface area contributed by atoms with Crippen LogP contribution >= 0.6 is 0 Å². The lowest BCUT2D eigenvalue weighted by atomic mass is 10.1. The van der Waals surface area contributed by atoms with E-state index in [1.165, 1.54) is 0 Å². The molecule has 0 aliphatic rings. The van der Waals surface area contributed by atoms with Gasteiger partial charge >= 0.3 is 5.97 Å². The van der Waals surface area contributed by atoms with Crippen molar-refractivity contribution in [1.82, 2.24) is 10.2 Å². The average molecular weight is 410 g/mol. The van der Waals surface area contributed by atoms with Gasteiger partial charge in [0.25, 0.3) is 5.89 Å². The summed E-state index contributed by atoms with van der Waals surface area (Å²) in [6.07, 6.45) is 0.178. The monoisotopic (exact) mass is 410 g/mol. The van der Waals surface area contributed by atoms with Crippen molar-refractivity contribution in [2.75, 3.05) is 13.2 Å². The molecule has 3 rings (SSSR count). The molecule has 7 heteroatoms. The standard InChI is InChI=1S/C23H26N2O5/c1-5-13-28-19-12-11-18(14-20(19)27-6-2)23(26)29-16(4)21-24-25-22(30-21)17-9-7-15(3)8-10-17/h7-12,14,16H,5-6,13H2,1-4H3. The van der Waals surface area contributed by atoms with Crippen molar-refractivity contribution in [1.29, 1.82) is 0 Å². The second-order valence-corrected chi connectivity index (χ2v) is 6.80. The predicted molar refractivity (Wildman–Crippen MR) is 112 cm³/mol. The van der Waals surface area contributed by atoms with E-state index in [0.717, 1.165) is 17.5 Å². The molecule has 0 spiro atoms. The highest BCUT2D eigenvalue weighted by molar-refractivity contribution is 5.90. The number of nitrogens with zero attached hydrogens (tertiary/aromatic N) is 2. The van der Waals surface area contributed by atoms with Gasteiger partial charge < -0.3 is 18.6 Å². The van der Waals surface area contributed by atoms with Crippen LogP contribution in [-0.4, -0.2) is 29.4 Å². The van der Waals surface area contributed by atoms with Crippen molar-refractivity contribution < 1.29 is 23.4 Å². The Balaban J connectivity index is 1.71. The molecule has 0 aliphatic heterocycles. The van der Waals surface area contributed by atoms with Crippen molar-refractivity contribution in [2.45, 2.75) is 40.2 Å². The van der Waals surface area contributed by atoms with E-state index in [9.17, 15) is 4.79 Å². The third-order valence-electron chi connectivity index (χ3n) is 4.31. The molecule has 0 aliphatic carbocycles. The SMILES string of the molecule is CCCOc1ccc(C(=O)OC(C)c2nnc(-c3ccc(C)cc3)o2)cc1OCC. The van der Waals surface area contributed by atoms with Gasteiger partial charge in [-0.3, -0.25) is 0 Å². The van der Waals surface area contributed by atoms with Crippen LogP contribution in [0.5, 0.6) is 11.5 Å². The molecule has 30 heavy (non-hydrogen) atoms. The van der Waals surface area contributed by atoms with Gasteiger partial charge in [-0.25, -0.2) is 4.79 Å². The number of rotatable bonds is 9. The second-order valence-electron chi connectivity index (χ2n) is 6.80. The first-order valence-electron chi connectivity index (χ1n) is 10.0. The minimum atomic E-state index is -0.698. The first-order chi connectivity index (χ1) is 14.5. The molecule has 1 atom stereocenters. The summed E-state index contributed by atoms with van der Waals surface area (Å²) in [6.45, 7) is 8.62. The molecule has 1 aromatic heterocycles. The summed E-state index contributed by atoms with van der Waals surface area (Å²) in [5.74, 6) is 1.20. The van der Waals surface area contributed by atoms with Gasteiger partial charge in [0.2, 0.25) is 5.89 Å². The van der Waals surface area contributed by atoms with Gasteiger partial charge in [-0.05, 0) is 57.5 Å². The van der Waals surface area contributed by atoms with Crippen molar-refractivity contribution >= 4 is 5.97 Å². The minimum absolute atomic E-state index is 0.229. The van der Waals surface area contributed by atoms with Crippen LogP contribution in [-0.2, 0) is 4.74 Å². The Hall–Kier alpha value is -3.35. The maximum Gasteiger partial charge on any atom is 0.339 e. The first kappa shape index (κ1) is 21.4. The van der Waals surface area contributed by atoms with Crippen LogP contribution in [0.3, 0.4) is 0 Å². The Morgan fingerprint density at radius 1 is 1.03 bits per heavy atom. The Bertz CT molecular complexity index is 982. The maximum absolute atomic E-state index is 12.6. The number of ether oxygens (including phenoxy) is 3. The van der Waals surface area contributed by atoms with Crippen LogP contribution in [0, 0.1) is 6.92 Å². The van der Waals surface area contributed by atoms with Crippen molar-refractivity contribution in [3.63, 3.8) is 0 Å². The molecule has 1 heterocycles. The third kappa shape index (κ3) is 5.17. The maximum atomic E-state index is 12.6. The molecule has 3 aromatic rings. The van der Waals surface area contributed by atoms with E-state index in [1.807, 2.05) is 45.0 Å². The highest BCUT2D eigenvalue weighted by atomic mass is 16.6. The van der Waals surface area contributed by atoms with Crippen LogP contribution in [0.25, 0.3) is 11.5 Å². The summed E-state index contributed by atoms with van der Waals surface area (Å²) in [5.41, 5.74) is 2.30. The summed E-state index contributed by atoms with van der Waals surface area (Å²) >= 11 is 0. The summed E-state index contributed by atoms with van der Waals surface area (Å²) in [5, 5.41) is 8.07. The molecule has 0 N–H and O–H groups in total. The lowest BCUT2D eigenvalue weighted by molar-refractivity contribution is 0.0279. The number of carbonyl (C=O) groups is 1. The lowest BCUT2D eigenvalue weighted by Gasteiger charge is -2.14. The van der Waals surface area contributed by atoms with E-state index in [-0.39, 0.29) is 5.89 Å². The minimum Gasteiger partial charge on any atom is -0.490 e. The zero-order valence-corrected chi connectivity index (χ0v) is 17.7. The number of hydrogen-bond donors (Lipinski definition) is 0. The summed E-state index contributed by atoms with van der Waals surface area (Å²) in [7, 11) is 0. The molecule has 0 fully saturated rings. The molecule has 0 amide bonds. The van der Waals surface area contributed by atoms with Crippen LogP contribution < -0.4 is 9.47 Å². The highest BCUT2D eigenvalue weighted by Crippen LogP contribution is 2.30. The smallest absolute Gasteiger partial charge is 0.339 e. The van der Waals surface area contributed by atoms with Crippen LogP contribution in [0.15, 0.2) is 46.9 Å². The molecule has 158 valence electrons.